The third kappa shape index (κ3) is 2.48. The maximum absolute atomic E-state index is 10.8. The Morgan fingerprint density at radius 3 is 2.33 bits per heavy atom. The molecule has 3 heteroatoms. The molecule has 0 aromatic rings. The molecule has 12 heavy (non-hydrogen) atoms. The number of amides is 1. The topological polar surface area (TPSA) is 41.1 Å². The van der Waals surface area contributed by atoms with E-state index in [0.29, 0.717) is 12.1 Å². The van der Waals surface area contributed by atoms with E-state index in [4.69, 9.17) is 0 Å². The van der Waals surface area contributed by atoms with E-state index in [1.807, 2.05) is 7.05 Å². The van der Waals surface area contributed by atoms with Crippen molar-refractivity contribution >= 4 is 5.91 Å². The highest BCUT2D eigenvalue weighted by Gasteiger charge is 2.23. The van der Waals surface area contributed by atoms with Crippen molar-refractivity contribution < 1.29 is 4.79 Å². The first kappa shape index (κ1) is 9.52. The summed E-state index contributed by atoms with van der Waals surface area (Å²) >= 11 is 0. The minimum atomic E-state index is 0.0853. The molecule has 2 atom stereocenters. The lowest BCUT2D eigenvalue weighted by Crippen LogP contribution is -2.49. The summed E-state index contributed by atoms with van der Waals surface area (Å²) in [5.41, 5.74) is 0. The number of nitrogens with one attached hydrogen (secondary N) is 2. The molecule has 0 bridgehead atoms. The molecule has 0 radical (unpaired) electrons. The summed E-state index contributed by atoms with van der Waals surface area (Å²) in [6.07, 6.45) is 4.82. The molecule has 1 amide bonds. The van der Waals surface area contributed by atoms with Gasteiger partial charge in [-0.1, -0.05) is 12.8 Å². The monoisotopic (exact) mass is 170 g/mol. The summed E-state index contributed by atoms with van der Waals surface area (Å²) in [4.78, 5) is 10.8. The van der Waals surface area contributed by atoms with E-state index in [9.17, 15) is 4.79 Å². The fraction of sp³-hybridized carbons (Fsp3) is 0.889. The molecule has 0 aliphatic heterocycles. The molecule has 70 valence electrons. The predicted molar refractivity (Wildman–Crippen MR) is 48.9 cm³/mol. The second-order valence-electron chi connectivity index (χ2n) is 3.49. The Morgan fingerprint density at radius 2 is 1.83 bits per heavy atom. The zero-order valence-electron chi connectivity index (χ0n) is 7.89. The third-order valence-corrected chi connectivity index (χ3v) is 2.53. The number of hydrogen-bond acceptors (Lipinski definition) is 2. The van der Waals surface area contributed by atoms with Crippen molar-refractivity contribution in [1.29, 1.82) is 0 Å². The number of rotatable bonds is 2. The summed E-state index contributed by atoms with van der Waals surface area (Å²) in [5.74, 6) is 0.0853. The molecular formula is C9H18N2O. The summed E-state index contributed by atoms with van der Waals surface area (Å²) < 4.78 is 0. The van der Waals surface area contributed by atoms with Gasteiger partial charge in [-0.15, -0.1) is 0 Å². The maximum atomic E-state index is 10.8. The maximum Gasteiger partial charge on any atom is 0.217 e. The standard InChI is InChI=1S/C9H18N2O/c1-7(12)11-9-6-4-3-5-8(9)10-2/h8-10H,3-6H2,1-2H3,(H,11,12)/t8-,9?/m1/s1. The van der Waals surface area contributed by atoms with E-state index in [1.54, 1.807) is 6.92 Å². The second-order valence-corrected chi connectivity index (χ2v) is 3.49. The van der Waals surface area contributed by atoms with Crippen molar-refractivity contribution in [1.82, 2.24) is 10.6 Å². The van der Waals surface area contributed by atoms with Crippen LogP contribution >= 0.6 is 0 Å². The van der Waals surface area contributed by atoms with Gasteiger partial charge >= 0.3 is 0 Å². The first-order valence-electron chi connectivity index (χ1n) is 4.68. The Kier molecular flexibility index (Phi) is 3.53. The molecule has 0 heterocycles. The van der Waals surface area contributed by atoms with Crippen molar-refractivity contribution in [2.24, 2.45) is 0 Å². The van der Waals surface area contributed by atoms with E-state index in [0.717, 1.165) is 6.42 Å². The number of hydrogen-bond donors (Lipinski definition) is 2. The molecule has 1 aliphatic rings. The van der Waals surface area contributed by atoms with Crippen molar-refractivity contribution in [3.63, 3.8) is 0 Å². The van der Waals surface area contributed by atoms with Crippen LogP contribution in [0, 0.1) is 0 Å². The molecule has 1 fully saturated rings. The van der Waals surface area contributed by atoms with Gasteiger partial charge in [0.15, 0.2) is 0 Å². The zero-order valence-corrected chi connectivity index (χ0v) is 7.89. The fourth-order valence-corrected chi connectivity index (χ4v) is 1.91. The number of carbonyl (C=O) groups is 1. The number of carbonyl (C=O) groups excluding carboxylic acids is 1. The molecular weight excluding hydrogens is 152 g/mol. The Balaban J connectivity index is 2.41. The Labute approximate surface area is 73.9 Å². The van der Waals surface area contributed by atoms with Crippen LogP contribution in [0.1, 0.15) is 32.6 Å². The van der Waals surface area contributed by atoms with Crippen LogP contribution in [0.2, 0.25) is 0 Å². The molecule has 0 aromatic heterocycles. The predicted octanol–water partition coefficient (Wildman–Crippen LogP) is 0.653. The second kappa shape index (κ2) is 4.45. The highest BCUT2D eigenvalue weighted by atomic mass is 16.1. The first-order valence-corrected chi connectivity index (χ1v) is 4.68. The van der Waals surface area contributed by atoms with Crippen LogP contribution in [-0.4, -0.2) is 25.0 Å². The van der Waals surface area contributed by atoms with Crippen molar-refractivity contribution in [2.75, 3.05) is 7.05 Å². The molecule has 0 spiro atoms. The van der Waals surface area contributed by atoms with Crippen molar-refractivity contribution in [3.8, 4) is 0 Å². The molecule has 0 saturated heterocycles. The third-order valence-electron chi connectivity index (χ3n) is 2.53. The molecule has 2 N–H and O–H groups in total. The van der Waals surface area contributed by atoms with Gasteiger partial charge in [0.2, 0.25) is 5.91 Å². The highest BCUT2D eigenvalue weighted by Crippen LogP contribution is 2.17. The van der Waals surface area contributed by atoms with Gasteiger partial charge in [-0.25, -0.2) is 0 Å². The average Bonchev–Trinajstić information content (AvgIpc) is 2.04. The number of likely N-dealkylation sites (N-methyl/N-ethyl adjacent to an activating group) is 1. The van der Waals surface area contributed by atoms with Gasteiger partial charge in [-0.3, -0.25) is 4.79 Å². The lowest BCUT2D eigenvalue weighted by atomic mass is 9.90. The normalized spacial score (nSPS) is 29.8. The van der Waals surface area contributed by atoms with Crippen LogP contribution in [0.3, 0.4) is 0 Å². The van der Waals surface area contributed by atoms with E-state index < -0.39 is 0 Å². The Hall–Kier alpha value is -0.570. The van der Waals surface area contributed by atoms with Crippen molar-refractivity contribution in [3.05, 3.63) is 0 Å². The van der Waals surface area contributed by atoms with Crippen LogP contribution in [-0.2, 0) is 4.79 Å². The van der Waals surface area contributed by atoms with Crippen LogP contribution in [0.4, 0.5) is 0 Å². The van der Waals surface area contributed by atoms with Gasteiger partial charge in [-0.05, 0) is 19.9 Å². The quantitative estimate of drug-likeness (QED) is 0.639. The highest BCUT2D eigenvalue weighted by molar-refractivity contribution is 5.73. The molecule has 1 saturated carbocycles. The Morgan fingerprint density at radius 1 is 1.25 bits per heavy atom. The zero-order chi connectivity index (χ0) is 8.97. The first-order chi connectivity index (χ1) is 5.74. The SMILES string of the molecule is CN[C@@H]1CCCCC1NC(C)=O. The van der Waals surface area contributed by atoms with Crippen molar-refractivity contribution in [2.45, 2.75) is 44.7 Å². The van der Waals surface area contributed by atoms with E-state index in [1.165, 1.54) is 19.3 Å². The van der Waals surface area contributed by atoms with Gasteiger partial charge in [0.25, 0.3) is 0 Å². The largest absolute Gasteiger partial charge is 0.352 e. The summed E-state index contributed by atoms with van der Waals surface area (Å²) in [5, 5.41) is 6.23. The Bertz CT molecular complexity index is 159. The average molecular weight is 170 g/mol. The fourth-order valence-electron chi connectivity index (χ4n) is 1.91. The summed E-state index contributed by atoms with van der Waals surface area (Å²) in [6.45, 7) is 1.58. The molecule has 1 unspecified atom stereocenters. The molecule has 3 nitrogen and oxygen atoms in total. The van der Waals surface area contributed by atoms with Gasteiger partial charge in [0.1, 0.15) is 0 Å². The minimum absolute atomic E-state index is 0.0853. The van der Waals surface area contributed by atoms with Crippen LogP contribution in [0.25, 0.3) is 0 Å². The van der Waals surface area contributed by atoms with Gasteiger partial charge in [0, 0.05) is 19.0 Å². The molecule has 0 aromatic carbocycles. The lowest BCUT2D eigenvalue weighted by Gasteiger charge is -2.31. The van der Waals surface area contributed by atoms with Gasteiger partial charge in [0.05, 0.1) is 0 Å². The summed E-state index contributed by atoms with van der Waals surface area (Å²) in [7, 11) is 1.96. The molecule has 1 aliphatic carbocycles. The van der Waals surface area contributed by atoms with E-state index in [2.05, 4.69) is 10.6 Å². The lowest BCUT2D eigenvalue weighted by molar-refractivity contribution is -0.120. The molecule has 1 rings (SSSR count). The summed E-state index contributed by atoms with van der Waals surface area (Å²) in [6, 6.07) is 0.823. The van der Waals surface area contributed by atoms with Gasteiger partial charge < -0.3 is 10.6 Å². The van der Waals surface area contributed by atoms with Crippen LogP contribution < -0.4 is 10.6 Å². The van der Waals surface area contributed by atoms with Gasteiger partial charge in [-0.2, -0.15) is 0 Å². The smallest absolute Gasteiger partial charge is 0.217 e. The van der Waals surface area contributed by atoms with Crippen LogP contribution in [0.5, 0.6) is 0 Å². The minimum Gasteiger partial charge on any atom is -0.352 e. The van der Waals surface area contributed by atoms with E-state index in [-0.39, 0.29) is 5.91 Å². The van der Waals surface area contributed by atoms with E-state index >= 15 is 0 Å². The van der Waals surface area contributed by atoms with Crippen LogP contribution in [0.15, 0.2) is 0 Å².